The van der Waals surface area contributed by atoms with Gasteiger partial charge in [-0.15, -0.1) is 0 Å². The molecule has 1 saturated heterocycles. The van der Waals surface area contributed by atoms with Gasteiger partial charge in [0.15, 0.2) is 5.78 Å². The molecule has 3 nitrogen and oxygen atoms in total. The van der Waals surface area contributed by atoms with Crippen molar-refractivity contribution in [1.29, 1.82) is 0 Å². The predicted molar refractivity (Wildman–Crippen MR) is 71.0 cm³/mol. The summed E-state index contributed by atoms with van der Waals surface area (Å²) in [6.07, 6.45) is 4.84. The van der Waals surface area contributed by atoms with Crippen LogP contribution >= 0.6 is 0 Å². The third-order valence-corrected chi connectivity index (χ3v) is 2.88. The highest BCUT2D eigenvalue weighted by Gasteiger charge is 2.27. The van der Waals surface area contributed by atoms with Crippen molar-refractivity contribution in [2.24, 2.45) is 5.92 Å². The van der Waals surface area contributed by atoms with Crippen LogP contribution in [-0.4, -0.2) is 18.4 Å². The first-order chi connectivity index (χ1) is 8.40. The molecule has 0 aromatic heterocycles. The predicted octanol–water partition coefficient (Wildman–Crippen LogP) is 2.98. The second-order valence-electron chi connectivity index (χ2n) is 4.97. The monoisotopic (exact) mass is 248 g/mol. The summed E-state index contributed by atoms with van der Waals surface area (Å²) in [7, 11) is 0. The van der Waals surface area contributed by atoms with E-state index in [4.69, 9.17) is 4.74 Å². The number of hydrogen-bond donors (Lipinski definition) is 0. The maximum Gasteiger partial charge on any atom is 0.333 e. The van der Waals surface area contributed by atoms with Gasteiger partial charge in [-0.25, -0.2) is 4.79 Å². The van der Waals surface area contributed by atoms with Crippen LogP contribution < -0.4 is 0 Å². The van der Waals surface area contributed by atoms with Crippen LogP contribution in [0, 0.1) is 5.92 Å². The molecule has 0 spiro atoms. The first-order valence-corrected chi connectivity index (χ1v) is 6.12. The number of esters is 1. The minimum absolute atomic E-state index is 0.0186. The molecule has 1 rings (SSSR count). The van der Waals surface area contributed by atoms with Crippen molar-refractivity contribution in [1.82, 2.24) is 0 Å². The minimum atomic E-state index is -0.290. The van der Waals surface area contributed by atoms with Crippen LogP contribution in [0.4, 0.5) is 0 Å². The summed E-state index contributed by atoms with van der Waals surface area (Å²) in [6.45, 7) is 9.87. The van der Waals surface area contributed by atoms with Gasteiger partial charge in [0.05, 0.1) is 6.61 Å². The molecular formula is C15H20O3. The zero-order valence-electron chi connectivity index (χ0n) is 11.3. The number of carbonyl (C=O) groups excluding carboxylic acids is 2. The highest BCUT2D eigenvalue weighted by molar-refractivity contribution is 6.00. The Hall–Kier alpha value is -1.64. The molecule has 0 saturated carbocycles. The van der Waals surface area contributed by atoms with Gasteiger partial charge in [0.1, 0.15) is 0 Å². The highest BCUT2D eigenvalue weighted by Crippen LogP contribution is 2.25. The Morgan fingerprint density at radius 2 is 2.06 bits per heavy atom. The molecule has 1 aliphatic heterocycles. The average molecular weight is 248 g/mol. The fourth-order valence-corrected chi connectivity index (χ4v) is 1.84. The topological polar surface area (TPSA) is 43.4 Å². The summed E-state index contributed by atoms with van der Waals surface area (Å²) in [5.41, 5.74) is 2.57. The van der Waals surface area contributed by atoms with E-state index in [1.165, 1.54) is 0 Å². The first-order valence-electron chi connectivity index (χ1n) is 6.12. The van der Waals surface area contributed by atoms with Crippen LogP contribution in [0.3, 0.4) is 0 Å². The van der Waals surface area contributed by atoms with Crippen molar-refractivity contribution in [2.75, 3.05) is 6.61 Å². The maximum atomic E-state index is 11.5. The fourth-order valence-electron chi connectivity index (χ4n) is 1.84. The van der Waals surface area contributed by atoms with Gasteiger partial charge in [-0.05, 0) is 45.8 Å². The highest BCUT2D eigenvalue weighted by atomic mass is 16.5. The molecule has 18 heavy (non-hydrogen) atoms. The summed E-state index contributed by atoms with van der Waals surface area (Å²) in [6, 6.07) is 0. The Balaban J connectivity index is 2.46. The third-order valence-electron chi connectivity index (χ3n) is 2.88. The molecule has 0 bridgehead atoms. The van der Waals surface area contributed by atoms with Gasteiger partial charge in [-0.3, -0.25) is 4.79 Å². The third kappa shape index (κ3) is 4.32. The minimum Gasteiger partial charge on any atom is -0.462 e. The molecule has 1 unspecified atom stereocenters. The van der Waals surface area contributed by atoms with Gasteiger partial charge in [0, 0.05) is 11.5 Å². The van der Waals surface area contributed by atoms with Gasteiger partial charge in [0.25, 0.3) is 0 Å². The first kappa shape index (κ1) is 14.4. The number of hydrogen-bond acceptors (Lipinski definition) is 3. The van der Waals surface area contributed by atoms with Crippen LogP contribution in [0.5, 0.6) is 0 Å². The summed E-state index contributed by atoms with van der Waals surface area (Å²) in [5, 5.41) is 0. The van der Waals surface area contributed by atoms with Crippen molar-refractivity contribution >= 4 is 11.8 Å². The Morgan fingerprint density at radius 3 is 2.56 bits per heavy atom. The Labute approximate surface area is 108 Å². The van der Waals surface area contributed by atoms with E-state index in [9.17, 15) is 9.59 Å². The van der Waals surface area contributed by atoms with E-state index in [0.717, 1.165) is 24.0 Å². The van der Waals surface area contributed by atoms with Crippen LogP contribution in [0.15, 0.2) is 35.5 Å². The molecule has 1 fully saturated rings. The fraction of sp³-hybridized carbons (Fsp3) is 0.467. The molecule has 1 heterocycles. The molecule has 0 aromatic rings. The van der Waals surface area contributed by atoms with E-state index in [-0.39, 0.29) is 17.7 Å². The van der Waals surface area contributed by atoms with Crippen molar-refractivity contribution in [2.45, 2.75) is 33.6 Å². The standard InChI is InChI=1S/C15H20O3/c1-10(2)7-14(16)8-11(3)5-6-13-9-18-15(17)12(13)4/h7-8,13H,4-6,9H2,1-3H3. The van der Waals surface area contributed by atoms with E-state index in [1.807, 2.05) is 20.8 Å². The van der Waals surface area contributed by atoms with E-state index in [2.05, 4.69) is 6.58 Å². The molecule has 1 atom stereocenters. The van der Waals surface area contributed by atoms with Crippen molar-refractivity contribution < 1.29 is 14.3 Å². The zero-order valence-corrected chi connectivity index (χ0v) is 11.3. The SMILES string of the molecule is C=C1C(=O)OCC1CCC(C)=CC(=O)C=C(C)C. The quantitative estimate of drug-likeness (QED) is 0.555. The van der Waals surface area contributed by atoms with Crippen LogP contribution in [0.2, 0.25) is 0 Å². The van der Waals surface area contributed by atoms with Gasteiger partial charge in [-0.1, -0.05) is 17.7 Å². The lowest BCUT2D eigenvalue weighted by atomic mass is 9.95. The largest absolute Gasteiger partial charge is 0.462 e. The van der Waals surface area contributed by atoms with Gasteiger partial charge in [-0.2, -0.15) is 0 Å². The summed E-state index contributed by atoms with van der Waals surface area (Å²) in [5.74, 6) is -0.174. The lowest BCUT2D eigenvalue weighted by Gasteiger charge is -2.06. The molecule has 0 aromatic carbocycles. The Kier molecular flexibility index (Phi) is 5.08. The van der Waals surface area contributed by atoms with Gasteiger partial charge < -0.3 is 4.74 Å². The van der Waals surface area contributed by atoms with Crippen LogP contribution in [-0.2, 0) is 14.3 Å². The van der Waals surface area contributed by atoms with E-state index in [1.54, 1.807) is 12.2 Å². The van der Waals surface area contributed by atoms with Gasteiger partial charge >= 0.3 is 5.97 Å². The van der Waals surface area contributed by atoms with Crippen molar-refractivity contribution in [3.05, 3.63) is 35.5 Å². The molecule has 0 amide bonds. The van der Waals surface area contributed by atoms with Crippen LogP contribution in [0.25, 0.3) is 0 Å². The number of rotatable bonds is 5. The lowest BCUT2D eigenvalue weighted by Crippen LogP contribution is -2.02. The van der Waals surface area contributed by atoms with Gasteiger partial charge in [0.2, 0.25) is 0 Å². The number of carbonyl (C=O) groups is 2. The maximum absolute atomic E-state index is 11.5. The summed E-state index contributed by atoms with van der Waals surface area (Å²) < 4.78 is 4.91. The van der Waals surface area contributed by atoms with Crippen molar-refractivity contribution in [3.8, 4) is 0 Å². The molecule has 3 heteroatoms. The number of cyclic esters (lactones) is 1. The Bertz CT molecular complexity index is 423. The average Bonchev–Trinajstić information content (AvgIpc) is 2.56. The summed E-state index contributed by atoms with van der Waals surface area (Å²) in [4.78, 5) is 22.7. The summed E-state index contributed by atoms with van der Waals surface area (Å²) >= 11 is 0. The van der Waals surface area contributed by atoms with E-state index < -0.39 is 0 Å². The van der Waals surface area contributed by atoms with Crippen LogP contribution in [0.1, 0.15) is 33.6 Å². The second kappa shape index (κ2) is 6.34. The normalized spacial score (nSPS) is 19.7. The number of allylic oxidation sites excluding steroid dienone is 4. The molecule has 0 N–H and O–H groups in total. The number of ketones is 1. The number of ether oxygens (including phenoxy) is 1. The molecular weight excluding hydrogens is 228 g/mol. The molecule has 98 valence electrons. The molecule has 1 aliphatic rings. The van der Waals surface area contributed by atoms with Crippen molar-refractivity contribution in [3.63, 3.8) is 0 Å². The molecule has 0 aliphatic carbocycles. The lowest BCUT2D eigenvalue weighted by molar-refractivity contribution is -0.135. The molecule has 0 radical (unpaired) electrons. The zero-order chi connectivity index (χ0) is 13.7. The van der Waals surface area contributed by atoms with E-state index in [0.29, 0.717) is 12.2 Å². The second-order valence-corrected chi connectivity index (χ2v) is 4.97. The Morgan fingerprint density at radius 1 is 1.39 bits per heavy atom. The smallest absolute Gasteiger partial charge is 0.333 e. The van der Waals surface area contributed by atoms with E-state index >= 15 is 0 Å².